The van der Waals surface area contributed by atoms with Gasteiger partial charge in [0.15, 0.2) is 0 Å². The summed E-state index contributed by atoms with van der Waals surface area (Å²) in [5, 5.41) is 4.10. The van der Waals surface area contributed by atoms with Crippen molar-refractivity contribution in [3.8, 4) is 0 Å². The predicted octanol–water partition coefficient (Wildman–Crippen LogP) is 2.02. The highest BCUT2D eigenvalue weighted by molar-refractivity contribution is 5.33. The number of aromatic nitrogens is 2. The first kappa shape index (κ1) is 8.05. The SMILES string of the molecule is Cn1cc([CH]c2ccccc2)cn1. The summed E-state index contributed by atoms with van der Waals surface area (Å²) in [5.74, 6) is 0. The molecule has 65 valence electrons. The Morgan fingerprint density at radius 3 is 2.54 bits per heavy atom. The molecule has 1 aromatic heterocycles. The molecule has 2 aromatic rings. The van der Waals surface area contributed by atoms with Crippen LogP contribution in [0.3, 0.4) is 0 Å². The minimum atomic E-state index is 1.13. The Bertz CT molecular complexity index is 376. The maximum absolute atomic E-state index is 4.10. The molecule has 0 atom stereocenters. The first-order chi connectivity index (χ1) is 6.34. The van der Waals surface area contributed by atoms with Crippen molar-refractivity contribution < 1.29 is 0 Å². The highest BCUT2D eigenvalue weighted by atomic mass is 15.2. The maximum atomic E-state index is 4.10. The molecule has 1 heterocycles. The van der Waals surface area contributed by atoms with Crippen LogP contribution in [0, 0.1) is 6.42 Å². The van der Waals surface area contributed by atoms with E-state index in [1.165, 1.54) is 5.56 Å². The van der Waals surface area contributed by atoms with Crippen LogP contribution in [0.1, 0.15) is 11.1 Å². The van der Waals surface area contributed by atoms with Gasteiger partial charge in [0.25, 0.3) is 0 Å². The lowest BCUT2D eigenvalue weighted by Crippen LogP contribution is -1.85. The van der Waals surface area contributed by atoms with Crippen LogP contribution in [0.4, 0.5) is 0 Å². The Morgan fingerprint density at radius 1 is 1.15 bits per heavy atom. The van der Waals surface area contributed by atoms with E-state index in [0.29, 0.717) is 0 Å². The van der Waals surface area contributed by atoms with Crippen LogP contribution in [-0.2, 0) is 7.05 Å². The van der Waals surface area contributed by atoms with Gasteiger partial charge >= 0.3 is 0 Å². The zero-order chi connectivity index (χ0) is 9.10. The van der Waals surface area contributed by atoms with Gasteiger partial charge in [0.05, 0.1) is 6.20 Å². The molecular weight excluding hydrogens is 160 g/mol. The summed E-state index contributed by atoms with van der Waals surface area (Å²) >= 11 is 0. The Morgan fingerprint density at radius 2 is 1.92 bits per heavy atom. The zero-order valence-corrected chi connectivity index (χ0v) is 7.51. The van der Waals surface area contributed by atoms with E-state index in [1.54, 1.807) is 4.68 Å². The third-order valence-electron chi connectivity index (χ3n) is 1.86. The minimum absolute atomic E-state index is 1.13. The van der Waals surface area contributed by atoms with Gasteiger partial charge < -0.3 is 0 Å². The first-order valence-corrected chi connectivity index (χ1v) is 4.23. The van der Waals surface area contributed by atoms with Crippen molar-refractivity contribution >= 4 is 0 Å². The molecule has 0 saturated heterocycles. The highest BCUT2D eigenvalue weighted by Gasteiger charge is 1.97. The monoisotopic (exact) mass is 171 g/mol. The average molecular weight is 171 g/mol. The standard InChI is InChI=1S/C11H11N2/c1-13-9-11(8-12-13)7-10-5-3-2-4-6-10/h2-9H,1H3. The molecule has 0 amide bonds. The lowest BCUT2D eigenvalue weighted by molar-refractivity contribution is 0.767. The molecule has 0 bridgehead atoms. The summed E-state index contributed by atoms with van der Waals surface area (Å²) in [6.45, 7) is 0. The van der Waals surface area contributed by atoms with Crippen molar-refractivity contribution in [2.75, 3.05) is 0 Å². The van der Waals surface area contributed by atoms with E-state index in [1.807, 2.05) is 37.6 Å². The first-order valence-electron chi connectivity index (χ1n) is 4.23. The molecule has 0 unspecified atom stereocenters. The molecular formula is C11H11N2. The number of nitrogens with zero attached hydrogens (tertiary/aromatic N) is 2. The van der Waals surface area contributed by atoms with E-state index in [2.05, 4.69) is 23.7 Å². The largest absolute Gasteiger partial charge is 0.276 e. The number of rotatable bonds is 2. The van der Waals surface area contributed by atoms with Gasteiger partial charge in [-0.2, -0.15) is 5.10 Å². The van der Waals surface area contributed by atoms with Gasteiger partial charge in [-0.25, -0.2) is 0 Å². The summed E-state index contributed by atoms with van der Waals surface area (Å²) < 4.78 is 1.80. The maximum Gasteiger partial charge on any atom is 0.0528 e. The van der Waals surface area contributed by atoms with Gasteiger partial charge in [0.1, 0.15) is 0 Å². The molecule has 1 aromatic carbocycles. The van der Waals surface area contributed by atoms with Crippen molar-refractivity contribution in [3.05, 3.63) is 60.3 Å². The zero-order valence-electron chi connectivity index (χ0n) is 7.51. The van der Waals surface area contributed by atoms with Gasteiger partial charge in [-0.3, -0.25) is 4.68 Å². The van der Waals surface area contributed by atoms with E-state index in [-0.39, 0.29) is 0 Å². The van der Waals surface area contributed by atoms with Gasteiger partial charge in [0.2, 0.25) is 0 Å². The van der Waals surface area contributed by atoms with Crippen molar-refractivity contribution in [1.29, 1.82) is 0 Å². The van der Waals surface area contributed by atoms with Crippen LogP contribution in [0.25, 0.3) is 0 Å². The molecule has 13 heavy (non-hydrogen) atoms. The molecule has 0 aliphatic carbocycles. The smallest absolute Gasteiger partial charge is 0.0528 e. The van der Waals surface area contributed by atoms with E-state index >= 15 is 0 Å². The van der Waals surface area contributed by atoms with Crippen LogP contribution in [0.2, 0.25) is 0 Å². The van der Waals surface area contributed by atoms with Crippen LogP contribution < -0.4 is 0 Å². The molecule has 2 nitrogen and oxygen atoms in total. The van der Waals surface area contributed by atoms with Crippen molar-refractivity contribution in [3.63, 3.8) is 0 Å². The van der Waals surface area contributed by atoms with Crippen molar-refractivity contribution in [2.24, 2.45) is 7.05 Å². The van der Waals surface area contributed by atoms with Crippen LogP contribution in [0.5, 0.6) is 0 Å². The van der Waals surface area contributed by atoms with E-state index < -0.39 is 0 Å². The molecule has 0 N–H and O–H groups in total. The fraction of sp³-hybridized carbons (Fsp3) is 0.0909. The van der Waals surface area contributed by atoms with Crippen molar-refractivity contribution in [2.45, 2.75) is 0 Å². The third-order valence-corrected chi connectivity index (χ3v) is 1.86. The fourth-order valence-electron chi connectivity index (χ4n) is 1.26. The number of hydrogen-bond acceptors (Lipinski definition) is 1. The summed E-state index contributed by atoms with van der Waals surface area (Å²) in [5.41, 5.74) is 2.34. The fourth-order valence-corrected chi connectivity index (χ4v) is 1.26. The quantitative estimate of drug-likeness (QED) is 0.676. The second-order valence-corrected chi connectivity index (χ2v) is 3.00. The lowest BCUT2D eigenvalue weighted by Gasteiger charge is -1.95. The normalized spacial score (nSPS) is 10.2. The predicted molar refractivity (Wildman–Crippen MR) is 52.2 cm³/mol. The highest BCUT2D eigenvalue weighted by Crippen LogP contribution is 2.09. The summed E-state index contributed by atoms with van der Waals surface area (Å²) in [4.78, 5) is 0. The molecule has 2 heteroatoms. The number of aryl methyl sites for hydroxylation is 1. The summed E-state index contributed by atoms with van der Waals surface area (Å²) in [6, 6.07) is 10.2. The Hall–Kier alpha value is -1.57. The van der Waals surface area contributed by atoms with Crippen LogP contribution >= 0.6 is 0 Å². The Kier molecular flexibility index (Phi) is 2.13. The topological polar surface area (TPSA) is 17.8 Å². The van der Waals surface area contributed by atoms with Crippen LogP contribution in [0.15, 0.2) is 42.7 Å². The Labute approximate surface area is 77.8 Å². The molecule has 2 rings (SSSR count). The molecule has 0 spiro atoms. The molecule has 0 fully saturated rings. The molecule has 1 radical (unpaired) electrons. The second kappa shape index (κ2) is 3.44. The van der Waals surface area contributed by atoms with E-state index in [0.717, 1.165) is 5.56 Å². The number of hydrogen-bond donors (Lipinski definition) is 0. The van der Waals surface area contributed by atoms with Crippen molar-refractivity contribution in [1.82, 2.24) is 9.78 Å². The van der Waals surface area contributed by atoms with Crippen LogP contribution in [-0.4, -0.2) is 9.78 Å². The molecule has 0 aliphatic rings. The van der Waals surface area contributed by atoms with Gasteiger partial charge in [-0.05, 0) is 11.1 Å². The summed E-state index contributed by atoms with van der Waals surface area (Å²) in [7, 11) is 1.92. The lowest BCUT2D eigenvalue weighted by atomic mass is 10.1. The van der Waals surface area contributed by atoms with E-state index in [4.69, 9.17) is 0 Å². The second-order valence-electron chi connectivity index (χ2n) is 3.00. The third kappa shape index (κ3) is 1.96. The number of benzene rings is 1. The average Bonchev–Trinajstić information content (AvgIpc) is 2.53. The molecule has 0 saturated carbocycles. The van der Waals surface area contributed by atoms with Gasteiger partial charge in [0, 0.05) is 19.7 Å². The minimum Gasteiger partial charge on any atom is -0.276 e. The van der Waals surface area contributed by atoms with E-state index in [9.17, 15) is 0 Å². The van der Waals surface area contributed by atoms with Gasteiger partial charge in [-0.1, -0.05) is 30.3 Å². The molecule has 0 aliphatic heterocycles. The Balaban J connectivity index is 2.15. The van der Waals surface area contributed by atoms with Gasteiger partial charge in [-0.15, -0.1) is 0 Å². The summed E-state index contributed by atoms with van der Waals surface area (Å²) in [6.07, 6.45) is 5.95.